The van der Waals surface area contributed by atoms with Crippen LogP contribution in [0, 0.1) is 0 Å². The Hall–Kier alpha value is -2.05. The molecule has 0 aromatic carbocycles. The quantitative estimate of drug-likeness (QED) is 0.679. The van der Waals surface area contributed by atoms with E-state index in [4.69, 9.17) is 5.11 Å². The van der Waals surface area contributed by atoms with Crippen molar-refractivity contribution in [2.24, 2.45) is 7.05 Å². The van der Waals surface area contributed by atoms with E-state index in [1.54, 1.807) is 31.0 Å². The molecule has 0 aliphatic heterocycles. The summed E-state index contributed by atoms with van der Waals surface area (Å²) in [6, 6.07) is -1.35. The average molecular weight is 240 g/mol. The molecule has 17 heavy (non-hydrogen) atoms. The fraction of sp³-hybridized carbons (Fsp3) is 0.500. The van der Waals surface area contributed by atoms with Crippen molar-refractivity contribution in [3.8, 4) is 0 Å². The van der Waals surface area contributed by atoms with E-state index in [1.807, 2.05) is 0 Å². The molecule has 0 spiro atoms. The fourth-order valence-electron chi connectivity index (χ4n) is 1.29. The van der Waals surface area contributed by atoms with Crippen molar-refractivity contribution in [2.45, 2.75) is 25.9 Å². The number of amides is 2. The molecule has 0 saturated heterocycles. The van der Waals surface area contributed by atoms with Gasteiger partial charge in [-0.3, -0.25) is 4.68 Å². The minimum absolute atomic E-state index is 0.315. The molecule has 7 nitrogen and oxygen atoms in total. The largest absolute Gasteiger partial charge is 0.480 e. The molecule has 2 amide bonds. The number of rotatable bonds is 5. The van der Waals surface area contributed by atoms with Gasteiger partial charge in [0.25, 0.3) is 0 Å². The van der Waals surface area contributed by atoms with Crippen molar-refractivity contribution in [3.63, 3.8) is 0 Å². The van der Waals surface area contributed by atoms with Crippen molar-refractivity contribution >= 4 is 12.0 Å². The van der Waals surface area contributed by atoms with E-state index in [0.717, 1.165) is 5.56 Å². The lowest BCUT2D eigenvalue weighted by atomic mass is 10.2. The Morgan fingerprint density at radius 3 is 2.76 bits per heavy atom. The number of hydrogen-bond acceptors (Lipinski definition) is 3. The summed E-state index contributed by atoms with van der Waals surface area (Å²) in [5.41, 5.74) is 0.853. The Balaban J connectivity index is 2.37. The van der Waals surface area contributed by atoms with E-state index in [1.165, 1.54) is 0 Å². The van der Waals surface area contributed by atoms with Crippen LogP contribution in [0.4, 0.5) is 4.79 Å². The number of nitrogens with one attached hydrogen (secondary N) is 2. The van der Waals surface area contributed by atoms with Gasteiger partial charge in [0.05, 0.1) is 6.20 Å². The van der Waals surface area contributed by atoms with Crippen molar-refractivity contribution in [2.75, 3.05) is 0 Å². The summed E-state index contributed by atoms with van der Waals surface area (Å²) in [7, 11) is 1.78. The SMILES string of the molecule is CCC(NC(=O)NCc1cnn(C)c1)C(=O)O. The third kappa shape index (κ3) is 4.13. The first-order valence-electron chi connectivity index (χ1n) is 5.27. The van der Waals surface area contributed by atoms with Crippen LogP contribution >= 0.6 is 0 Å². The van der Waals surface area contributed by atoms with Crippen LogP contribution in [-0.2, 0) is 18.4 Å². The van der Waals surface area contributed by atoms with Crippen LogP contribution in [0.3, 0.4) is 0 Å². The van der Waals surface area contributed by atoms with E-state index < -0.39 is 18.0 Å². The Kier molecular flexibility index (Phi) is 4.50. The minimum Gasteiger partial charge on any atom is -0.480 e. The van der Waals surface area contributed by atoms with Crippen LogP contribution in [0.2, 0.25) is 0 Å². The summed E-state index contributed by atoms with van der Waals surface area (Å²) in [5.74, 6) is -1.04. The summed E-state index contributed by atoms with van der Waals surface area (Å²) >= 11 is 0. The number of carbonyl (C=O) groups is 2. The number of urea groups is 1. The van der Waals surface area contributed by atoms with Gasteiger partial charge in [-0.15, -0.1) is 0 Å². The van der Waals surface area contributed by atoms with E-state index in [2.05, 4.69) is 15.7 Å². The predicted octanol–water partition coefficient (Wildman–Crippen LogP) is 0.0825. The fourth-order valence-corrected chi connectivity index (χ4v) is 1.29. The second-order valence-corrected chi connectivity index (χ2v) is 3.65. The highest BCUT2D eigenvalue weighted by atomic mass is 16.4. The summed E-state index contributed by atoms with van der Waals surface area (Å²) < 4.78 is 1.63. The van der Waals surface area contributed by atoms with Gasteiger partial charge in [-0.2, -0.15) is 5.10 Å². The van der Waals surface area contributed by atoms with Crippen LogP contribution < -0.4 is 10.6 Å². The van der Waals surface area contributed by atoms with Crippen LogP contribution in [0.15, 0.2) is 12.4 Å². The van der Waals surface area contributed by atoms with Crippen molar-refractivity contribution in [1.29, 1.82) is 0 Å². The predicted molar refractivity (Wildman–Crippen MR) is 60.3 cm³/mol. The number of aliphatic carboxylic acids is 1. The summed E-state index contributed by atoms with van der Waals surface area (Å²) in [4.78, 5) is 22.1. The van der Waals surface area contributed by atoms with Gasteiger partial charge < -0.3 is 15.7 Å². The zero-order valence-electron chi connectivity index (χ0n) is 9.80. The monoisotopic (exact) mass is 240 g/mol. The molecule has 1 aromatic rings. The molecule has 1 aromatic heterocycles. The number of carboxylic acids is 1. The summed E-state index contributed by atoms with van der Waals surface area (Å²) in [5, 5.41) is 17.6. The number of carboxylic acid groups (broad SMARTS) is 1. The normalized spacial score (nSPS) is 11.9. The minimum atomic E-state index is -1.04. The summed E-state index contributed by atoms with van der Waals surface area (Å²) in [6.45, 7) is 2.01. The van der Waals surface area contributed by atoms with Gasteiger partial charge in [0, 0.05) is 25.4 Å². The number of nitrogens with zero attached hydrogens (tertiary/aromatic N) is 2. The first kappa shape index (κ1) is 13.0. The number of carbonyl (C=O) groups excluding carboxylic acids is 1. The van der Waals surface area contributed by atoms with Crippen LogP contribution in [0.1, 0.15) is 18.9 Å². The lowest BCUT2D eigenvalue weighted by molar-refractivity contribution is -0.139. The molecule has 0 aliphatic rings. The van der Waals surface area contributed by atoms with Gasteiger partial charge in [-0.1, -0.05) is 6.92 Å². The van der Waals surface area contributed by atoms with E-state index >= 15 is 0 Å². The zero-order valence-corrected chi connectivity index (χ0v) is 9.80. The van der Waals surface area contributed by atoms with E-state index in [-0.39, 0.29) is 0 Å². The highest BCUT2D eigenvalue weighted by molar-refractivity contribution is 5.82. The Labute approximate surface area is 98.8 Å². The molecule has 7 heteroatoms. The van der Waals surface area contributed by atoms with E-state index in [0.29, 0.717) is 13.0 Å². The molecule has 1 unspecified atom stereocenters. The first-order chi connectivity index (χ1) is 8.02. The zero-order chi connectivity index (χ0) is 12.8. The maximum atomic E-state index is 11.4. The van der Waals surface area contributed by atoms with Crippen molar-refractivity contribution < 1.29 is 14.7 Å². The Morgan fingerprint density at radius 2 is 2.29 bits per heavy atom. The van der Waals surface area contributed by atoms with Gasteiger partial charge in [0.2, 0.25) is 0 Å². The molecule has 0 saturated carbocycles. The molecule has 1 atom stereocenters. The van der Waals surface area contributed by atoms with Crippen molar-refractivity contribution in [1.82, 2.24) is 20.4 Å². The average Bonchev–Trinajstić information content (AvgIpc) is 2.68. The van der Waals surface area contributed by atoms with Crippen LogP contribution in [0.5, 0.6) is 0 Å². The molecule has 1 heterocycles. The molecule has 0 radical (unpaired) electrons. The number of aryl methyl sites for hydroxylation is 1. The number of hydrogen-bond donors (Lipinski definition) is 3. The third-order valence-corrected chi connectivity index (χ3v) is 2.22. The van der Waals surface area contributed by atoms with Crippen molar-refractivity contribution in [3.05, 3.63) is 18.0 Å². The second kappa shape index (κ2) is 5.88. The van der Waals surface area contributed by atoms with Crippen LogP contribution in [0.25, 0.3) is 0 Å². The highest BCUT2D eigenvalue weighted by Crippen LogP contribution is 1.95. The first-order valence-corrected chi connectivity index (χ1v) is 5.27. The second-order valence-electron chi connectivity index (χ2n) is 3.65. The molecule has 0 aliphatic carbocycles. The highest BCUT2D eigenvalue weighted by Gasteiger charge is 2.16. The smallest absolute Gasteiger partial charge is 0.326 e. The standard InChI is InChI=1S/C10H16N4O3/c1-3-8(9(15)16)13-10(17)11-4-7-5-12-14(2)6-7/h5-6,8H,3-4H2,1-2H3,(H,15,16)(H2,11,13,17). The lowest BCUT2D eigenvalue weighted by Crippen LogP contribution is -2.45. The van der Waals surface area contributed by atoms with Gasteiger partial charge in [0.15, 0.2) is 0 Å². The van der Waals surface area contributed by atoms with Gasteiger partial charge in [0.1, 0.15) is 6.04 Å². The Morgan fingerprint density at radius 1 is 1.59 bits per heavy atom. The molecule has 0 fully saturated rings. The lowest BCUT2D eigenvalue weighted by Gasteiger charge is -2.12. The Bertz CT molecular complexity index is 402. The molecular weight excluding hydrogens is 224 g/mol. The molecular formula is C10H16N4O3. The third-order valence-electron chi connectivity index (χ3n) is 2.22. The van der Waals surface area contributed by atoms with Gasteiger partial charge in [-0.25, -0.2) is 9.59 Å². The molecule has 3 N–H and O–H groups in total. The topological polar surface area (TPSA) is 96.3 Å². The van der Waals surface area contributed by atoms with Gasteiger partial charge >= 0.3 is 12.0 Å². The van der Waals surface area contributed by atoms with E-state index in [9.17, 15) is 9.59 Å². The molecule has 94 valence electrons. The molecule has 1 rings (SSSR count). The summed E-state index contributed by atoms with van der Waals surface area (Å²) in [6.07, 6.45) is 3.75. The number of aromatic nitrogens is 2. The maximum Gasteiger partial charge on any atom is 0.326 e. The van der Waals surface area contributed by atoms with Crippen LogP contribution in [-0.4, -0.2) is 32.9 Å². The maximum absolute atomic E-state index is 11.4. The molecule has 0 bridgehead atoms. The van der Waals surface area contributed by atoms with Gasteiger partial charge in [-0.05, 0) is 6.42 Å².